The molecule has 3 N–H and O–H groups in total. The first-order chi connectivity index (χ1) is 8.27. The quantitative estimate of drug-likeness (QED) is 0.633. The summed E-state index contributed by atoms with van der Waals surface area (Å²) < 4.78 is 0. The molecular weight excluding hydrogens is 234 g/mol. The minimum atomic E-state index is -0.668. The van der Waals surface area contributed by atoms with Gasteiger partial charge in [-0.25, -0.2) is 10.2 Å². The van der Waals surface area contributed by atoms with Crippen molar-refractivity contribution in [2.24, 2.45) is 10.8 Å². The van der Waals surface area contributed by atoms with Gasteiger partial charge in [-0.1, -0.05) is 30.3 Å². The van der Waals surface area contributed by atoms with E-state index in [1.165, 1.54) is 0 Å². The summed E-state index contributed by atoms with van der Waals surface area (Å²) in [6.07, 6.45) is 1.60. The molecule has 0 aliphatic carbocycles. The Morgan fingerprint density at radius 2 is 2.06 bits per heavy atom. The average Bonchev–Trinajstić information content (AvgIpc) is 2.78. The molecule has 1 aromatic carbocycles. The van der Waals surface area contributed by atoms with E-state index < -0.39 is 6.03 Å². The Labute approximate surface area is 103 Å². The highest BCUT2D eigenvalue weighted by Crippen LogP contribution is 2.26. The molecular formula is C12H11N3OS. The van der Waals surface area contributed by atoms with Gasteiger partial charge < -0.3 is 5.73 Å². The molecule has 4 nitrogen and oxygen atoms in total. The summed E-state index contributed by atoms with van der Waals surface area (Å²) in [4.78, 5) is 11.5. The number of nitrogens with two attached hydrogens (primary N) is 1. The van der Waals surface area contributed by atoms with Crippen molar-refractivity contribution >= 4 is 23.6 Å². The van der Waals surface area contributed by atoms with E-state index in [0.717, 1.165) is 16.0 Å². The number of urea groups is 1. The van der Waals surface area contributed by atoms with Gasteiger partial charge in [0.15, 0.2) is 0 Å². The van der Waals surface area contributed by atoms with Gasteiger partial charge in [-0.3, -0.25) is 0 Å². The molecule has 2 amide bonds. The number of hydrogen-bond donors (Lipinski definition) is 2. The summed E-state index contributed by atoms with van der Waals surface area (Å²) in [5.74, 6) is 0. The maximum absolute atomic E-state index is 10.5. The highest BCUT2D eigenvalue weighted by molar-refractivity contribution is 7.12. The molecule has 2 rings (SSSR count). The average molecular weight is 245 g/mol. The highest BCUT2D eigenvalue weighted by Gasteiger charge is 2.03. The van der Waals surface area contributed by atoms with E-state index in [4.69, 9.17) is 5.73 Å². The van der Waals surface area contributed by atoms with E-state index in [1.807, 2.05) is 41.8 Å². The fraction of sp³-hybridized carbons (Fsp3) is 0. The second kappa shape index (κ2) is 5.27. The molecule has 0 bridgehead atoms. The number of rotatable bonds is 3. The number of hydrogen-bond acceptors (Lipinski definition) is 3. The maximum atomic E-state index is 10.5. The normalized spacial score (nSPS) is 10.6. The largest absolute Gasteiger partial charge is 0.350 e. The standard InChI is InChI=1S/C12H11N3OS/c13-12(16)15-14-8-11-10(6-7-17-11)9-4-2-1-3-5-9/h1-8H,(H3,13,15,16)/b14-8+. The predicted molar refractivity (Wildman–Crippen MR) is 70.1 cm³/mol. The Balaban J connectivity index is 2.23. The van der Waals surface area contributed by atoms with E-state index in [2.05, 4.69) is 10.5 Å². The van der Waals surface area contributed by atoms with Crippen LogP contribution in [0.4, 0.5) is 4.79 Å². The van der Waals surface area contributed by atoms with Crippen LogP contribution >= 0.6 is 11.3 Å². The number of nitrogens with zero attached hydrogens (tertiary/aromatic N) is 1. The fourth-order valence-corrected chi connectivity index (χ4v) is 2.21. The van der Waals surface area contributed by atoms with Gasteiger partial charge in [0.2, 0.25) is 0 Å². The minimum absolute atomic E-state index is 0.668. The third-order valence-corrected chi connectivity index (χ3v) is 2.99. The zero-order valence-electron chi connectivity index (χ0n) is 8.96. The first-order valence-corrected chi connectivity index (χ1v) is 5.87. The van der Waals surface area contributed by atoms with Gasteiger partial charge in [-0.15, -0.1) is 11.3 Å². The van der Waals surface area contributed by atoms with E-state index in [1.54, 1.807) is 17.6 Å². The van der Waals surface area contributed by atoms with E-state index >= 15 is 0 Å². The Morgan fingerprint density at radius 3 is 2.76 bits per heavy atom. The third kappa shape index (κ3) is 2.92. The molecule has 0 atom stereocenters. The molecule has 0 spiro atoms. The molecule has 86 valence electrons. The van der Waals surface area contributed by atoms with Gasteiger partial charge in [0.1, 0.15) is 0 Å². The second-order valence-electron chi connectivity index (χ2n) is 3.30. The summed E-state index contributed by atoms with van der Waals surface area (Å²) in [6, 6.07) is 11.3. The van der Waals surface area contributed by atoms with Crippen LogP contribution in [0, 0.1) is 0 Å². The Kier molecular flexibility index (Phi) is 3.52. The minimum Gasteiger partial charge on any atom is -0.350 e. The van der Waals surface area contributed by atoms with Gasteiger partial charge >= 0.3 is 6.03 Å². The van der Waals surface area contributed by atoms with Crippen LogP contribution in [0.3, 0.4) is 0 Å². The van der Waals surface area contributed by atoms with Crippen molar-refractivity contribution in [3.63, 3.8) is 0 Å². The van der Waals surface area contributed by atoms with Crippen molar-refractivity contribution in [3.05, 3.63) is 46.7 Å². The number of amides is 2. The summed E-state index contributed by atoms with van der Waals surface area (Å²) in [7, 11) is 0. The van der Waals surface area contributed by atoms with Gasteiger partial charge in [-0.05, 0) is 17.0 Å². The number of carbonyl (C=O) groups is 1. The summed E-state index contributed by atoms with van der Waals surface area (Å²) in [6.45, 7) is 0. The smallest absolute Gasteiger partial charge is 0.332 e. The van der Waals surface area contributed by atoms with Gasteiger partial charge in [0.05, 0.1) is 11.1 Å². The molecule has 5 heteroatoms. The Hall–Kier alpha value is -2.14. The molecule has 2 aromatic rings. The molecule has 1 heterocycles. The first kappa shape index (κ1) is 11.3. The molecule has 0 saturated heterocycles. The molecule has 17 heavy (non-hydrogen) atoms. The molecule has 0 aliphatic heterocycles. The summed E-state index contributed by atoms with van der Waals surface area (Å²) >= 11 is 1.55. The summed E-state index contributed by atoms with van der Waals surface area (Å²) in [5.41, 5.74) is 9.31. The zero-order chi connectivity index (χ0) is 12.1. The lowest BCUT2D eigenvalue weighted by atomic mass is 10.1. The lowest BCUT2D eigenvalue weighted by Gasteiger charge is -1.99. The number of carbonyl (C=O) groups excluding carboxylic acids is 1. The molecule has 0 fully saturated rings. The van der Waals surface area contributed by atoms with Crippen molar-refractivity contribution in [3.8, 4) is 11.1 Å². The molecule has 0 aliphatic rings. The number of benzene rings is 1. The van der Waals surface area contributed by atoms with Gasteiger partial charge in [0.25, 0.3) is 0 Å². The van der Waals surface area contributed by atoms with Crippen LogP contribution < -0.4 is 11.2 Å². The number of nitrogens with one attached hydrogen (secondary N) is 1. The predicted octanol–water partition coefficient (Wildman–Crippen LogP) is 2.42. The maximum Gasteiger partial charge on any atom is 0.332 e. The monoisotopic (exact) mass is 245 g/mol. The van der Waals surface area contributed by atoms with Crippen molar-refractivity contribution in [1.29, 1.82) is 0 Å². The Morgan fingerprint density at radius 1 is 1.29 bits per heavy atom. The van der Waals surface area contributed by atoms with Crippen LogP contribution in [0.15, 0.2) is 46.9 Å². The van der Waals surface area contributed by atoms with Crippen molar-refractivity contribution in [2.75, 3.05) is 0 Å². The highest BCUT2D eigenvalue weighted by atomic mass is 32.1. The topological polar surface area (TPSA) is 67.5 Å². The summed E-state index contributed by atoms with van der Waals surface area (Å²) in [5, 5.41) is 5.74. The van der Waals surface area contributed by atoms with Crippen LogP contribution in [0.1, 0.15) is 4.88 Å². The van der Waals surface area contributed by atoms with Crippen molar-refractivity contribution < 1.29 is 4.79 Å². The van der Waals surface area contributed by atoms with E-state index in [9.17, 15) is 4.79 Å². The number of primary amides is 1. The number of thiophene rings is 1. The molecule has 0 saturated carbocycles. The van der Waals surface area contributed by atoms with Gasteiger partial charge in [-0.2, -0.15) is 5.10 Å². The lowest BCUT2D eigenvalue weighted by Crippen LogP contribution is -2.24. The lowest BCUT2D eigenvalue weighted by molar-refractivity contribution is 0.249. The van der Waals surface area contributed by atoms with Crippen molar-refractivity contribution in [1.82, 2.24) is 5.43 Å². The Bertz CT molecular complexity index is 534. The van der Waals surface area contributed by atoms with Crippen LogP contribution in [0.25, 0.3) is 11.1 Å². The van der Waals surface area contributed by atoms with Crippen LogP contribution in [0.5, 0.6) is 0 Å². The SMILES string of the molecule is NC(=O)N/N=C/c1sccc1-c1ccccc1. The van der Waals surface area contributed by atoms with Gasteiger partial charge in [0, 0.05) is 5.56 Å². The molecule has 1 aromatic heterocycles. The molecule has 0 unspecified atom stereocenters. The number of hydrazone groups is 1. The molecule has 0 radical (unpaired) electrons. The van der Waals surface area contributed by atoms with Crippen molar-refractivity contribution in [2.45, 2.75) is 0 Å². The van der Waals surface area contributed by atoms with Crippen LogP contribution in [0.2, 0.25) is 0 Å². The fourth-order valence-electron chi connectivity index (χ4n) is 1.43. The van der Waals surface area contributed by atoms with Crippen LogP contribution in [-0.4, -0.2) is 12.2 Å². The zero-order valence-corrected chi connectivity index (χ0v) is 9.78. The van der Waals surface area contributed by atoms with Crippen LogP contribution in [-0.2, 0) is 0 Å². The third-order valence-electron chi connectivity index (χ3n) is 2.14. The van der Waals surface area contributed by atoms with E-state index in [0.29, 0.717) is 0 Å². The first-order valence-electron chi connectivity index (χ1n) is 4.99. The van der Waals surface area contributed by atoms with E-state index in [-0.39, 0.29) is 0 Å². The second-order valence-corrected chi connectivity index (χ2v) is 4.25.